The zero-order chi connectivity index (χ0) is 42.4. The van der Waals surface area contributed by atoms with Crippen molar-refractivity contribution in [3.63, 3.8) is 0 Å². The molecule has 4 atom stereocenters. The normalized spacial score (nSPS) is 12.6. The number of rotatable bonds is 26. The van der Waals surface area contributed by atoms with E-state index in [9.17, 15) is 63.0 Å². The molecular weight excluding hydrogens is 754 g/mol. The molecule has 13 N–H and O–H groups in total. The van der Waals surface area contributed by atoms with Gasteiger partial charge in [0.2, 0.25) is 17.7 Å². The van der Waals surface area contributed by atoms with Crippen LogP contribution in [0.15, 0.2) is 24.3 Å². The number of unbranched alkanes of at least 4 members (excludes halogenated alkanes) is 1. The minimum absolute atomic E-state index is 0.0798. The third-order valence-electron chi connectivity index (χ3n) is 7.32. The first-order chi connectivity index (χ1) is 26.3. The van der Waals surface area contributed by atoms with Crippen molar-refractivity contribution in [1.29, 1.82) is 0 Å². The summed E-state index contributed by atoms with van der Waals surface area (Å²) in [6.07, 6.45) is -3.30. The first-order valence-electron chi connectivity index (χ1n) is 16.7. The van der Waals surface area contributed by atoms with Gasteiger partial charge in [0.15, 0.2) is 0 Å². The van der Waals surface area contributed by atoms with E-state index in [1.54, 1.807) is 0 Å². The molecule has 0 saturated carbocycles. The maximum atomic E-state index is 12.8. The highest BCUT2D eigenvalue weighted by Gasteiger charge is 2.30. The van der Waals surface area contributed by atoms with Gasteiger partial charge in [-0.2, -0.15) is 0 Å². The Labute approximate surface area is 316 Å². The Morgan fingerprint density at radius 2 is 1.04 bits per heavy atom. The van der Waals surface area contributed by atoms with Gasteiger partial charge in [-0.25, -0.2) is 19.2 Å². The van der Waals surface area contributed by atoms with Gasteiger partial charge in [-0.1, -0.05) is 12.1 Å². The SMILES string of the molecule is O=C(O)CCNC(=O)[C@H](CC(=O)O)NC(=O)[C@H](CC(=O)O)NC(=O)Cc1ccc(NC(=O)NCCCC[C@H](NC(=O)N[C@@H](CCC(=O)O)C(=O)O)C(=O)O)cc1. The van der Waals surface area contributed by atoms with E-state index < -0.39 is 122 Å². The topological polar surface area (TPSA) is 393 Å². The fourth-order valence-corrected chi connectivity index (χ4v) is 4.58. The number of carbonyl (C=O) groups excluding carboxylic acids is 5. The fraction of sp³-hybridized carbons (Fsp3) is 0.469. The van der Waals surface area contributed by atoms with E-state index in [0.717, 1.165) is 0 Å². The number of carboxylic acids is 6. The van der Waals surface area contributed by atoms with E-state index in [2.05, 4.69) is 31.9 Å². The van der Waals surface area contributed by atoms with Crippen LogP contribution in [-0.4, -0.2) is 133 Å². The number of amides is 7. The smallest absolute Gasteiger partial charge is 0.326 e. The van der Waals surface area contributed by atoms with Crippen LogP contribution >= 0.6 is 0 Å². The number of carbonyl (C=O) groups is 11. The van der Waals surface area contributed by atoms with E-state index in [4.69, 9.17) is 20.4 Å². The van der Waals surface area contributed by atoms with Crippen LogP contribution in [0.5, 0.6) is 0 Å². The Morgan fingerprint density at radius 3 is 1.55 bits per heavy atom. The summed E-state index contributed by atoms with van der Waals surface area (Å²) in [5, 5.41) is 69.9. The van der Waals surface area contributed by atoms with Crippen molar-refractivity contribution in [3.05, 3.63) is 29.8 Å². The molecule has 0 aliphatic rings. The van der Waals surface area contributed by atoms with E-state index in [1.165, 1.54) is 24.3 Å². The quantitative estimate of drug-likeness (QED) is 0.0455. The second-order valence-electron chi connectivity index (χ2n) is 11.9. The molecule has 1 aromatic rings. The number of aliphatic carboxylic acids is 6. The third kappa shape index (κ3) is 20.3. The molecule has 1 rings (SSSR count). The molecule has 308 valence electrons. The molecule has 0 bridgehead atoms. The molecule has 7 amide bonds. The second-order valence-corrected chi connectivity index (χ2v) is 11.9. The summed E-state index contributed by atoms with van der Waals surface area (Å²) in [6.45, 7) is -0.299. The van der Waals surface area contributed by atoms with Crippen LogP contribution in [0, 0.1) is 0 Å². The predicted octanol–water partition coefficient (Wildman–Crippen LogP) is -1.90. The van der Waals surface area contributed by atoms with Crippen molar-refractivity contribution in [2.24, 2.45) is 0 Å². The summed E-state index contributed by atoms with van der Waals surface area (Å²) in [7, 11) is 0. The Bertz CT molecular complexity index is 1620. The molecule has 0 heterocycles. The first-order valence-corrected chi connectivity index (χ1v) is 16.7. The molecular formula is C32H43N7O17. The van der Waals surface area contributed by atoms with E-state index in [0.29, 0.717) is 5.56 Å². The summed E-state index contributed by atoms with van der Waals surface area (Å²) in [6, 6.07) is -2.46. The molecule has 0 radical (unpaired) electrons. The molecule has 24 nitrogen and oxygen atoms in total. The summed E-state index contributed by atoms with van der Waals surface area (Å²) >= 11 is 0. The standard InChI is InChI=1S/C32H43N7O17/c40-22(36-21(15-26(47)48)28(50)37-20(14-25(45)46)27(49)33-12-10-24(43)44)13-16-4-6-17(7-5-16)35-31(55)34-11-2-1-3-18(29(51)52)38-32(56)39-19(30(53)54)8-9-23(41)42/h4-7,18-21H,1-3,8-15H2,(H,33,49)(H,36,40)(H,37,50)(H,41,42)(H,43,44)(H,45,46)(H,47,48)(H,51,52)(H,53,54)(H2,34,35,55)(H2,38,39,56)/t18-,19-,20-,21-/m0/s1. The van der Waals surface area contributed by atoms with Gasteiger partial charge in [0.1, 0.15) is 24.2 Å². The lowest BCUT2D eigenvalue weighted by molar-refractivity contribution is -0.143. The molecule has 0 saturated heterocycles. The average molecular weight is 798 g/mol. The zero-order valence-electron chi connectivity index (χ0n) is 29.6. The highest BCUT2D eigenvalue weighted by molar-refractivity contribution is 5.96. The third-order valence-corrected chi connectivity index (χ3v) is 7.32. The lowest BCUT2D eigenvalue weighted by Gasteiger charge is -2.21. The number of benzene rings is 1. The minimum atomic E-state index is -1.73. The van der Waals surface area contributed by atoms with Gasteiger partial charge < -0.3 is 67.9 Å². The molecule has 0 aliphatic carbocycles. The van der Waals surface area contributed by atoms with Crippen LogP contribution in [0.1, 0.15) is 56.9 Å². The predicted molar refractivity (Wildman–Crippen MR) is 186 cm³/mol. The zero-order valence-corrected chi connectivity index (χ0v) is 29.6. The van der Waals surface area contributed by atoms with Crippen molar-refractivity contribution in [3.8, 4) is 0 Å². The van der Waals surface area contributed by atoms with Crippen LogP contribution in [0.3, 0.4) is 0 Å². The maximum absolute atomic E-state index is 12.8. The summed E-state index contributed by atoms with van der Waals surface area (Å²) in [5.74, 6) is -11.5. The maximum Gasteiger partial charge on any atom is 0.326 e. The van der Waals surface area contributed by atoms with Gasteiger partial charge >= 0.3 is 47.9 Å². The van der Waals surface area contributed by atoms with Crippen molar-refractivity contribution >= 4 is 71.3 Å². The number of carboxylic acid groups (broad SMARTS) is 6. The molecule has 56 heavy (non-hydrogen) atoms. The second kappa shape index (κ2) is 24.3. The Hall–Kier alpha value is -7.01. The van der Waals surface area contributed by atoms with Crippen LogP contribution in [0.2, 0.25) is 0 Å². The van der Waals surface area contributed by atoms with Crippen LogP contribution in [0.4, 0.5) is 15.3 Å². The fourth-order valence-electron chi connectivity index (χ4n) is 4.58. The van der Waals surface area contributed by atoms with Gasteiger partial charge in [-0.15, -0.1) is 0 Å². The summed E-state index contributed by atoms with van der Waals surface area (Å²) in [5.41, 5.74) is 0.642. The first kappa shape index (κ1) is 47.0. The molecule has 0 unspecified atom stereocenters. The lowest BCUT2D eigenvalue weighted by atomic mass is 10.1. The lowest BCUT2D eigenvalue weighted by Crippen LogP contribution is -2.55. The van der Waals surface area contributed by atoms with Gasteiger partial charge in [-0.05, 0) is 43.4 Å². The monoisotopic (exact) mass is 797 g/mol. The number of urea groups is 2. The van der Waals surface area contributed by atoms with E-state index in [1.807, 2.05) is 5.32 Å². The van der Waals surface area contributed by atoms with Crippen LogP contribution < -0.4 is 37.2 Å². The Balaban J connectivity index is 2.63. The van der Waals surface area contributed by atoms with Gasteiger partial charge in [-0.3, -0.25) is 33.6 Å². The molecule has 0 spiro atoms. The Kier molecular flexibility index (Phi) is 20.4. The number of hydrogen-bond acceptors (Lipinski definition) is 11. The largest absolute Gasteiger partial charge is 0.481 e. The van der Waals surface area contributed by atoms with Crippen molar-refractivity contribution < 1.29 is 83.4 Å². The average Bonchev–Trinajstić information content (AvgIpc) is 3.08. The number of nitrogens with one attached hydrogen (secondary N) is 7. The molecule has 1 aromatic carbocycles. The van der Waals surface area contributed by atoms with Crippen molar-refractivity contribution in [1.82, 2.24) is 31.9 Å². The highest BCUT2D eigenvalue weighted by Crippen LogP contribution is 2.11. The van der Waals surface area contributed by atoms with Crippen LogP contribution in [0.25, 0.3) is 0 Å². The number of hydrogen-bond donors (Lipinski definition) is 13. The van der Waals surface area contributed by atoms with E-state index in [-0.39, 0.29) is 44.5 Å². The molecule has 0 aliphatic heterocycles. The van der Waals surface area contributed by atoms with Gasteiger partial charge in [0, 0.05) is 25.2 Å². The minimum Gasteiger partial charge on any atom is -0.481 e. The molecule has 0 aromatic heterocycles. The Morgan fingerprint density at radius 1 is 0.500 bits per heavy atom. The van der Waals surface area contributed by atoms with Crippen molar-refractivity contribution in [2.75, 3.05) is 18.4 Å². The molecule has 0 fully saturated rings. The highest BCUT2D eigenvalue weighted by atomic mass is 16.4. The van der Waals surface area contributed by atoms with E-state index >= 15 is 0 Å². The van der Waals surface area contributed by atoms with Gasteiger partial charge in [0.05, 0.1) is 25.7 Å². The number of anilines is 1. The summed E-state index contributed by atoms with van der Waals surface area (Å²) < 4.78 is 0. The molecule has 24 heteroatoms. The summed E-state index contributed by atoms with van der Waals surface area (Å²) in [4.78, 5) is 129. The van der Waals surface area contributed by atoms with Gasteiger partial charge in [0.25, 0.3) is 0 Å². The van der Waals surface area contributed by atoms with Crippen molar-refractivity contribution in [2.45, 2.75) is 82.0 Å². The van der Waals surface area contributed by atoms with Crippen LogP contribution in [-0.2, 0) is 49.6 Å².